The first-order valence-corrected chi connectivity index (χ1v) is 6.23. The molecule has 8 heteroatoms. The van der Waals surface area contributed by atoms with E-state index in [9.17, 15) is 0 Å². The van der Waals surface area contributed by atoms with E-state index in [1.807, 2.05) is 6.20 Å². The average molecular weight is 262 g/mol. The summed E-state index contributed by atoms with van der Waals surface area (Å²) < 4.78 is 1.76. The lowest BCUT2D eigenvalue weighted by molar-refractivity contribution is 0.608. The minimum Gasteiger partial charge on any atom is -0.368 e. The van der Waals surface area contributed by atoms with Gasteiger partial charge in [0.05, 0.1) is 12.7 Å². The van der Waals surface area contributed by atoms with Crippen molar-refractivity contribution >= 4 is 11.6 Å². The molecule has 102 valence electrons. The first-order valence-electron chi connectivity index (χ1n) is 6.23. The third-order valence-electron chi connectivity index (χ3n) is 2.69. The second-order valence-electron chi connectivity index (χ2n) is 4.04. The van der Waals surface area contributed by atoms with Crippen molar-refractivity contribution in [2.75, 3.05) is 17.3 Å². The Morgan fingerprint density at radius 3 is 2.84 bits per heavy atom. The van der Waals surface area contributed by atoms with Gasteiger partial charge in [-0.2, -0.15) is 0 Å². The van der Waals surface area contributed by atoms with Crippen LogP contribution in [0.4, 0.5) is 11.6 Å². The SMILES string of the molecule is CCCc1c(NN)ncnc1NCCn1ccnn1. The van der Waals surface area contributed by atoms with Gasteiger partial charge in [-0.15, -0.1) is 5.10 Å². The van der Waals surface area contributed by atoms with Crippen LogP contribution in [0.1, 0.15) is 18.9 Å². The van der Waals surface area contributed by atoms with Crippen LogP contribution in [0.3, 0.4) is 0 Å². The van der Waals surface area contributed by atoms with Gasteiger partial charge in [0.2, 0.25) is 0 Å². The standard InChI is InChI=1S/C11H18N8/c1-2-3-9-10(14-8-15-11(9)17-12)13-4-6-19-7-5-16-18-19/h5,7-8H,2-4,6,12H2,1H3,(H2,13,14,15,17). The van der Waals surface area contributed by atoms with Crippen molar-refractivity contribution in [1.82, 2.24) is 25.0 Å². The number of nitrogen functional groups attached to an aromatic ring is 1. The van der Waals surface area contributed by atoms with Crippen molar-refractivity contribution in [3.63, 3.8) is 0 Å². The van der Waals surface area contributed by atoms with E-state index in [0.29, 0.717) is 12.4 Å². The Morgan fingerprint density at radius 2 is 2.16 bits per heavy atom. The van der Waals surface area contributed by atoms with Crippen LogP contribution >= 0.6 is 0 Å². The first-order chi connectivity index (χ1) is 9.35. The molecule has 0 aliphatic rings. The summed E-state index contributed by atoms with van der Waals surface area (Å²) in [5, 5.41) is 10.9. The molecular weight excluding hydrogens is 244 g/mol. The average Bonchev–Trinajstić information content (AvgIpc) is 2.94. The molecule has 0 saturated carbocycles. The van der Waals surface area contributed by atoms with E-state index in [1.165, 1.54) is 6.33 Å². The molecule has 0 radical (unpaired) electrons. The molecule has 0 saturated heterocycles. The Bertz CT molecular complexity index is 495. The van der Waals surface area contributed by atoms with E-state index in [0.717, 1.165) is 30.8 Å². The molecule has 2 heterocycles. The number of rotatable bonds is 7. The fourth-order valence-corrected chi connectivity index (χ4v) is 1.82. The highest BCUT2D eigenvalue weighted by atomic mass is 15.4. The zero-order valence-electron chi connectivity index (χ0n) is 10.9. The fourth-order valence-electron chi connectivity index (χ4n) is 1.82. The van der Waals surface area contributed by atoms with Crippen molar-refractivity contribution in [1.29, 1.82) is 0 Å². The fraction of sp³-hybridized carbons (Fsp3) is 0.455. The van der Waals surface area contributed by atoms with E-state index in [2.05, 4.69) is 37.9 Å². The summed E-state index contributed by atoms with van der Waals surface area (Å²) in [7, 11) is 0. The zero-order chi connectivity index (χ0) is 13.5. The third kappa shape index (κ3) is 3.38. The predicted molar refractivity (Wildman–Crippen MR) is 72.3 cm³/mol. The van der Waals surface area contributed by atoms with E-state index >= 15 is 0 Å². The molecule has 0 aromatic carbocycles. The van der Waals surface area contributed by atoms with Gasteiger partial charge in [0.1, 0.15) is 18.0 Å². The lowest BCUT2D eigenvalue weighted by atomic mass is 10.1. The Morgan fingerprint density at radius 1 is 1.32 bits per heavy atom. The van der Waals surface area contributed by atoms with Gasteiger partial charge in [-0.25, -0.2) is 15.8 Å². The number of nitrogens with one attached hydrogen (secondary N) is 2. The Labute approximate surface area is 111 Å². The number of hydrogen-bond donors (Lipinski definition) is 3. The third-order valence-corrected chi connectivity index (χ3v) is 2.69. The van der Waals surface area contributed by atoms with Gasteiger partial charge in [-0.1, -0.05) is 18.6 Å². The Kier molecular flexibility index (Phi) is 4.62. The van der Waals surface area contributed by atoms with Gasteiger partial charge >= 0.3 is 0 Å². The van der Waals surface area contributed by atoms with Gasteiger partial charge in [-0.05, 0) is 6.42 Å². The highest BCUT2D eigenvalue weighted by Crippen LogP contribution is 2.20. The summed E-state index contributed by atoms with van der Waals surface area (Å²) in [6, 6.07) is 0. The van der Waals surface area contributed by atoms with Crippen molar-refractivity contribution < 1.29 is 0 Å². The highest BCUT2D eigenvalue weighted by Gasteiger charge is 2.09. The second kappa shape index (κ2) is 6.64. The van der Waals surface area contributed by atoms with Crippen molar-refractivity contribution in [3.8, 4) is 0 Å². The molecule has 4 N–H and O–H groups in total. The minimum absolute atomic E-state index is 0.667. The molecule has 0 amide bonds. The van der Waals surface area contributed by atoms with Crippen LogP contribution in [0.5, 0.6) is 0 Å². The lowest BCUT2D eigenvalue weighted by Crippen LogP contribution is -2.16. The molecule has 0 bridgehead atoms. The van der Waals surface area contributed by atoms with Crippen molar-refractivity contribution in [3.05, 3.63) is 24.3 Å². The number of hydrazine groups is 1. The smallest absolute Gasteiger partial charge is 0.148 e. The van der Waals surface area contributed by atoms with Gasteiger partial charge in [0, 0.05) is 18.3 Å². The molecule has 2 aromatic heterocycles. The highest BCUT2D eigenvalue weighted by molar-refractivity contribution is 5.56. The van der Waals surface area contributed by atoms with E-state index < -0.39 is 0 Å². The molecule has 2 aromatic rings. The number of nitrogens with zero attached hydrogens (tertiary/aromatic N) is 5. The Hall–Kier alpha value is -2.22. The normalized spacial score (nSPS) is 10.4. The summed E-state index contributed by atoms with van der Waals surface area (Å²) in [6.07, 6.45) is 6.84. The monoisotopic (exact) mass is 262 g/mol. The van der Waals surface area contributed by atoms with Gasteiger partial charge in [0.25, 0.3) is 0 Å². The van der Waals surface area contributed by atoms with Crippen LogP contribution in [-0.2, 0) is 13.0 Å². The quantitative estimate of drug-likeness (QED) is 0.490. The van der Waals surface area contributed by atoms with E-state index in [4.69, 9.17) is 5.84 Å². The second-order valence-corrected chi connectivity index (χ2v) is 4.04. The van der Waals surface area contributed by atoms with Crippen LogP contribution in [0.15, 0.2) is 18.7 Å². The maximum atomic E-state index is 5.47. The van der Waals surface area contributed by atoms with Crippen molar-refractivity contribution in [2.24, 2.45) is 5.84 Å². The number of nitrogens with two attached hydrogens (primary N) is 1. The Balaban J connectivity index is 2.02. The van der Waals surface area contributed by atoms with E-state index in [-0.39, 0.29) is 0 Å². The molecule has 0 unspecified atom stereocenters. The summed E-state index contributed by atoms with van der Waals surface area (Å²) >= 11 is 0. The maximum Gasteiger partial charge on any atom is 0.148 e. The van der Waals surface area contributed by atoms with E-state index in [1.54, 1.807) is 10.9 Å². The van der Waals surface area contributed by atoms with Crippen LogP contribution in [0.2, 0.25) is 0 Å². The van der Waals surface area contributed by atoms with Gasteiger partial charge in [-0.3, -0.25) is 4.68 Å². The first kappa shape index (κ1) is 13.2. The molecule has 8 nitrogen and oxygen atoms in total. The minimum atomic E-state index is 0.667. The predicted octanol–water partition coefficient (Wildman–Crippen LogP) is 0.418. The molecule has 0 aliphatic heterocycles. The molecule has 0 fully saturated rings. The summed E-state index contributed by atoms with van der Waals surface area (Å²) in [5.74, 6) is 6.94. The molecule has 0 spiro atoms. The summed E-state index contributed by atoms with van der Waals surface area (Å²) in [4.78, 5) is 8.38. The molecular formula is C11H18N8. The molecule has 19 heavy (non-hydrogen) atoms. The zero-order valence-corrected chi connectivity index (χ0v) is 10.9. The maximum absolute atomic E-state index is 5.47. The summed E-state index contributed by atoms with van der Waals surface area (Å²) in [6.45, 7) is 3.54. The van der Waals surface area contributed by atoms with Crippen LogP contribution in [0.25, 0.3) is 0 Å². The number of hydrogen-bond acceptors (Lipinski definition) is 7. The lowest BCUT2D eigenvalue weighted by Gasteiger charge is -2.13. The van der Waals surface area contributed by atoms with Gasteiger partial charge < -0.3 is 10.7 Å². The number of anilines is 2. The topological polar surface area (TPSA) is 107 Å². The molecule has 0 atom stereocenters. The summed E-state index contributed by atoms with van der Waals surface area (Å²) in [5.41, 5.74) is 3.61. The van der Waals surface area contributed by atoms with Crippen LogP contribution < -0.4 is 16.6 Å². The van der Waals surface area contributed by atoms with Crippen LogP contribution in [0, 0.1) is 0 Å². The molecule has 2 rings (SSSR count). The van der Waals surface area contributed by atoms with Crippen LogP contribution in [-0.4, -0.2) is 31.5 Å². The largest absolute Gasteiger partial charge is 0.368 e. The van der Waals surface area contributed by atoms with Crippen molar-refractivity contribution in [2.45, 2.75) is 26.3 Å². The van der Waals surface area contributed by atoms with Gasteiger partial charge in [0.15, 0.2) is 0 Å². The number of aromatic nitrogens is 5. The molecule has 0 aliphatic carbocycles.